The Morgan fingerprint density at radius 2 is 1.21 bits per heavy atom. The number of aliphatic carboxylic acids is 1. The normalized spacial score (nSPS) is 14.5. The van der Waals surface area contributed by atoms with Gasteiger partial charge in [0.15, 0.2) is 0 Å². The van der Waals surface area contributed by atoms with Gasteiger partial charge in [-0.05, 0) is 58.8 Å². The van der Waals surface area contributed by atoms with Gasteiger partial charge in [-0.2, -0.15) is 0 Å². The smallest absolute Gasteiger partial charge is 0.303 e. The summed E-state index contributed by atoms with van der Waals surface area (Å²) in [4.78, 5) is 64.3. The predicted octanol–water partition coefficient (Wildman–Crippen LogP) is 7.53. The maximum Gasteiger partial charge on any atom is 0.303 e. The van der Waals surface area contributed by atoms with Crippen LogP contribution in [0.3, 0.4) is 0 Å². The van der Waals surface area contributed by atoms with Crippen molar-refractivity contribution in [2.24, 2.45) is 11.8 Å². The number of carbonyl (C=O) groups is 4. The van der Waals surface area contributed by atoms with Crippen molar-refractivity contribution >= 4 is 46.2 Å². The molecule has 2 aromatic rings. The fraction of sp³-hybridized carbons (Fsp3) is 0.543. The van der Waals surface area contributed by atoms with Gasteiger partial charge in [-0.1, -0.05) is 61.1 Å². The SMILES string of the molecule is C.CC(C)(C)c1ccc(N)c([N+](=O)[O-])c1.CC(C)(C)c1ccc(NC(=O)CCC2CC(=O)C2)c([N+](=O)[O-])c1.O=C(O)CCC1CC(=O)C1. The first-order valence-corrected chi connectivity index (χ1v) is 15.6. The fourth-order valence-electron chi connectivity index (χ4n) is 4.88. The van der Waals surface area contributed by atoms with E-state index in [4.69, 9.17) is 10.8 Å². The van der Waals surface area contributed by atoms with Gasteiger partial charge in [0, 0.05) is 50.7 Å². The van der Waals surface area contributed by atoms with Crippen LogP contribution in [0, 0.1) is 32.1 Å². The highest BCUT2D eigenvalue weighted by atomic mass is 16.6. The Kier molecular flexibility index (Phi) is 15.0. The van der Waals surface area contributed by atoms with Gasteiger partial charge < -0.3 is 16.2 Å². The number of benzene rings is 2. The molecule has 2 aliphatic rings. The summed E-state index contributed by atoms with van der Waals surface area (Å²) in [5.41, 5.74) is 7.27. The van der Waals surface area contributed by atoms with Gasteiger partial charge >= 0.3 is 5.97 Å². The maximum atomic E-state index is 12.0. The van der Waals surface area contributed by atoms with E-state index in [0.29, 0.717) is 44.4 Å². The van der Waals surface area contributed by atoms with Crippen molar-refractivity contribution in [1.29, 1.82) is 0 Å². The van der Waals surface area contributed by atoms with Crippen molar-refractivity contribution in [3.63, 3.8) is 0 Å². The van der Waals surface area contributed by atoms with Crippen LogP contribution in [0.5, 0.6) is 0 Å². The first-order valence-electron chi connectivity index (χ1n) is 15.6. The first-order chi connectivity index (χ1) is 21.7. The number of anilines is 2. The summed E-state index contributed by atoms with van der Waals surface area (Å²) in [6, 6.07) is 9.84. The molecule has 48 heavy (non-hydrogen) atoms. The van der Waals surface area contributed by atoms with Crippen LogP contribution in [0.25, 0.3) is 0 Å². The third-order valence-electron chi connectivity index (χ3n) is 8.04. The molecule has 2 aromatic carbocycles. The Bertz CT molecular complexity index is 1490. The number of carboxylic acid groups (broad SMARTS) is 1. The van der Waals surface area contributed by atoms with E-state index in [2.05, 4.69) is 5.32 Å². The zero-order valence-corrected chi connectivity index (χ0v) is 28.0. The lowest BCUT2D eigenvalue weighted by Gasteiger charge is -2.23. The van der Waals surface area contributed by atoms with E-state index in [0.717, 1.165) is 11.1 Å². The molecule has 0 atom stereocenters. The van der Waals surface area contributed by atoms with E-state index in [1.165, 1.54) is 12.1 Å². The van der Waals surface area contributed by atoms with Crippen LogP contribution in [0.1, 0.15) is 111 Å². The zero-order chi connectivity index (χ0) is 35.7. The van der Waals surface area contributed by atoms with E-state index in [-0.39, 0.29) is 77.2 Å². The minimum absolute atomic E-state index is 0. The zero-order valence-electron chi connectivity index (χ0n) is 28.0. The van der Waals surface area contributed by atoms with Crippen molar-refractivity contribution in [2.75, 3.05) is 11.1 Å². The van der Waals surface area contributed by atoms with Crippen LogP contribution in [-0.4, -0.2) is 38.4 Å². The number of hydrogen-bond donors (Lipinski definition) is 3. The summed E-state index contributed by atoms with van der Waals surface area (Å²) in [6.07, 6.45) is 4.10. The Morgan fingerprint density at radius 3 is 1.60 bits per heavy atom. The molecule has 2 saturated carbocycles. The van der Waals surface area contributed by atoms with Crippen LogP contribution in [0.4, 0.5) is 22.7 Å². The number of nitro groups is 2. The van der Waals surface area contributed by atoms with E-state index in [1.54, 1.807) is 18.2 Å². The van der Waals surface area contributed by atoms with Gasteiger partial charge in [0.2, 0.25) is 5.91 Å². The highest BCUT2D eigenvalue weighted by molar-refractivity contribution is 5.93. The molecular weight excluding hydrogens is 620 g/mol. The van der Waals surface area contributed by atoms with E-state index < -0.39 is 15.8 Å². The molecule has 0 aromatic heterocycles. The van der Waals surface area contributed by atoms with Gasteiger partial charge in [0.05, 0.1) is 9.85 Å². The minimum Gasteiger partial charge on any atom is -0.481 e. The molecule has 2 fully saturated rings. The van der Waals surface area contributed by atoms with Crippen LogP contribution in [-0.2, 0) is 30.0 Å². The van der Waals surface area contributed by atoms with E-state index in [1.807, 2.05) is 47.6 Å². The van der Waals surface area contributed by atoms with Gasteiger partial charge in [-0.25, -0.2) is 0 Å². The Morgan fingerprint density at radius 1 is 0.792 bits per heavy atom. The van der Waals surface area contributed by atoms with Gasteiger partial charge in [0.25, 0.3) is 11.4 Å². The number of rotatable bonds is 9. The second kappa shape index (κ2) is 17.5. The maximum absolute atomic E-state index is 12.0. The summed E-state index contributed by atoms with van der Waals surface area (Å²) < 4.78 is 0. The number of nitrogen functional groups attached to an aromatic ring is 1. The standard InChI is InChI=1S/C17H22N2O4.C10H14N2O2.C7H10O3.CH4/c1-17(2,3)12-5-6-14(15(10-12)19(22)23)18-16(21)7-4-11-8-13(20)9-11;1-10(2,3)7-4-5-8(11)9(6-7)12(13)14;8-6-3-5(4-6)1-2-7(9)10;/h5-6,10-11H,4,7-9H2,1-3H3,(H,18,21);4-6H,11H2,1-3H3;5H,1-4H2,(H,9,10);1H4. The number of carbonyl (C=O) groups excluding carboxylic acids is 3. The largest absolute Gasteiger partial charge is 0.481 e. The van der Waals surface area contributed by atoms with Gasteiger partial charge in [-0.3, -0.25) is 39.4 Å². The number of nitro benzene ring substituents is 2. The summed E-state index contributed by atoms with van der Waals surface area (Å²) in [6.45, 7) is 11.9. The Hall–Kier alpha value is -4.68. The lowest BCUT2D eigenvalue weighted by atomic mass is 9.81. The van der Waals surface area contributed by atoms with Crippen molar-refractivity contribution in [3.8, 4) is 0 Å². The molecule has 264 valence electrons. The molecule has 0 spiro atoms. The Labute approximate surface area is 282 Å². The molecule has 4 N–H and O–H groups in total. The van der Waals surface area contributed by atoms with Crippen LogP contribution < -0.4 is 11.1 Å². The van der Waals surface area contributed by atoms with Crippen molar-refractivity contribution in [3.05, 3.63) is 67.8 Å². The molecule has 1 amide bonds. The third-order valence-corrected chi connectivity index (χ3v) is 8.04. The number of ketones is 2. The molecule has 13 heteroatoms. The average Bonchev–Trinajstić information content (AvgIpc) is 2.91. The second-order valence-electron chi connectivity index (χ2n) is 14.2. The van der Waals surface area contributed by atoms with Crippen molar-refractivity contribution < 1.29 is 34.1 Å². The lowest BCUT2D eigenvalue weighted by molar-refractivity contribution is -0.384. The number of nitrogens with two attached hydrogens (primary N) is 1. The molecule has 4 rings (SSSR count). The average molecular weight is 671 g/mol. The van der Waals surface area contributed by atoms with Crippen LogP contribution >= 0.6 is 0 Å². The summed E-state index contributed by atoms with van der Waals surface area (Å²) >= 11 is 0. The predicted molar refractivity (Wildman–Crippen MR) is 185 cm³/mol. The third kappa shape index (κ3) is 13.2. The number of Topliss-reactive ketones (excluding diaryl/α,β-unsaturated/α-hetero) is 2. The van der Waals surface area contributed by atoms with Crippen LogP contribution in [0.15, 0.2) is 36.4 Å². The molecule has 0 heterocycles. The molecular formula is C35H50N4O9. The highest BCUT2D eigenvalue weighted by Gasteiger charge is 2.28. The monoisotopic (exact) mass is 670 g/mol. The number of amides is 1. The molecule has 13 nitrogen and oxygen atoms in total. The van der Waals surface area contributed by atoms with Crippen molar-refractivity contribution in [2.45, 2.75) is 111 Å². The van der Waals surface area contributed by atoms with Gasteiger partial charge in [-0.15, -0.1) is 0 Å². The molecule has 2 aliphatic carbocycles. The first kappa shape index (κ1) is 41.3. The molecule has 0 bridgehead atoms. The van der Waals surface area contributed by atoms with Crippen molar-refractivity contribution in [1.82, 2.24) is 0 Å². The van der Waals surface area contributed by atoms with Crippen LogP contribution in [0.2, 0.25) is 0 Å². The lowest BCUT2D eigenvalue weighted by Crippen LogP contribution is -2.24. The number of nitrogens with zero attached hydrogens (tertiary/aromatic N) is 2. The van der Waals surface area contributed by atoms with Gasteiger partial charge in [0.1, 0.15) is 22.9 Å². The quantitative estimate of drug-likeness (QED) is 0.135. The molecule has 0 aliphatic heterocycles. The molecule has 0 radical (unpaired) electrons. The fourth-order valence-corrected chi connectivity index (χ4v) is 4.88. The second-order valence-corrected chi connectivity index (χ2v) is 14.2. The Balaban J connectivity index is 0.000000392. The number of carboxylic acids is 1. The topological polar surface area (TPSA) is 213 Å². The van der Waals surface area contributed by atoms with E-state index in [9.17, 15) is 39.4 Å². The summed E-state index contributed by atoms with van der Waals surface area (Å²) in [5, 5.41) is 32.8. The minimum atomic E-state index is -0.764. The molecule has 0 unspecified atom stereocenters. The summed E-state index contributed by atoms with van der Waals surface area (Å²) in [7, 11) is 0. The highest BCUT2D eigenvalue weighted by Crippen LogP contribution is 2.33. The number of nitrogens with one attached hydrogen (secondary N) is 1. The number of hydrogen-bond acceptors (Lipinski definition) is 9. The molecule has 0 saturated heterocycles. The van der Waals surface area contributed by atoms with E-state index >= 15 is 0 Å². The summed E-state index contributed by atoms with van der Waals surface area (Å²) in [5.74, 6) is 0.143.